The van der Waals surface area contributed by atoms with Gasteiger partial charge < -0.3 is 14.2 Å². The lowest BCUT2D eigenvalue weighted by Crippen LogP contribution is -2.39. The molecule has 5 heteroatoms. The second-order valence-corrected chi connectivity index (χ2v) is 4.11. The van der Waals surface area contributed by atoms with Crippen molar-refractivity contribution in [1.82, 2.24) is 0 Å². The van der Waals surface area contributed by atoms with Crippen LogP contribution in [0.25, 0.3) is 0 Å². The maximum atomic E-state index is 11.7. The average Bonchev–Trinajstić information content (AvgIpc) is 2.51. The van der Waals surface area contributed by atoms with Crippen LogP contribution < -0.4 is 0 Å². The normalized spacial score (nSPS) is 31.3. The summed E-state index contributed by atoms with van der Waals surface area (Å²) in [7, 11) is 2.57. The van der Waals surface area contributed by atoms with Crippen LogP contribution >= 0.6 is 0 Å². The van der Waals surface area contributed by atoms with Crippen LogP contribution in [0.2, 0.25) is 0 Å². The molecule has 5 nitrogen and oxygen atoms in total. The van der Waals surface area contributed by atoms with Gasteiger partial charge in [-0.1, -0.05) is 0 Å². The molecular formula is C10H14O5. The molecule has 1 saturated carbocycles. The van der Waals surface area contributed by atoms with E-state index in [0.717, 1.165) is 0 Å². The monoisotopic (exact) mass is 214 g/mol. The third-order valence-corrected chi connectivity index (χ3v) is 3.36. The minimum Gasteiger partial charge on any atom is -0.468 e. The van der Waals surface area contributed by atoms with Gasteiger partial charge in [0.15, 0.2) is 5.41 Å². The Morgan fingerprint density at radius 3 is 2.07 bits per heavy atom. The maximum Gasteiger partial charge on any atom is 0.323 e. The van der Waals surface area contributed by atoms with Crippen LogP contribution in [0.4, 0.5) is 0 Å². The van der Waals surface area contributed by atoms with Crippen molar-refractivity contribution in [3.05, 3.63) is 0 Å². The third-order valence-electron chi connectivity index (χ3n) is 3.36. The molecule has 0 bridgehead atoms. The molecule has 2 fully saturated rings. The van der Waals surface area contributed by atoms with E-state index in [0.29, 0.717) is 25.4 Å². The van der Waals surface area contributed by atoms with Crippen molar-refractivity contribution in [2.45, 2.75) is 18.9 Å². The SMILES string of the molecule is COC(=O)C1(C(=O)OC)CC2COC2C1. The number of carbonyl (C=O) groups excluding carboxylic acids is 2. The van der Waals surface area contributed by atoms with Gasteiger partial charge in [-0.25, -0.2) is 0 Å². The van der Waals surface area contributed by atoms with Gasteiger partial charge >= 0.3 is 11.9 Å². The van der Waals surface area contributed by atoms with E-state index in [1.54, 1.807) is 0 Å². The summed E-state index contributed by atoms with van der Waals surface area (Å²) in [5.74, 6) is -0.720. The number of esters is 2. The molecule has 2 unspecified atom stereocenters. The zero-order valence-corrected chi connectivity index (χ0v) is 8.82. The number of rotatable bonds is 2. The van der Waals surface area contributed by atoms with Crippen LogP contribution in [0.5, 0.6) is 0 Å². The molecule has 0 aromatic heterocycles. The highest BCUT2D eigenvalue weighted by molar-refractivity contribution is 6.00. The lowest BCUT2D eigenvalue weighted by Gasteiger charge is -2.29. The van der Waals surface area contributed by atoms with E-state index >= 15 is 0 Å². The zero-order chi connectivity index (χ0) is 11.1. The Morgan fingerprint density at radius 1 is 1.20 bits per heavy atom. The van der Waals surface area contributed by atoms with Crippen molar-refractivity contribution in [3.8, 4) is 0 Å². The van der Waals surface area contributed by atoms with Crippen LogP contribution in [0.15, 0.2) is 0 Å². The van der Waals surface area contributed by atoms with E-state index in [1.165, 1.54) is 14.2 Å². The number of carbonyl (C=O) groups is 2. The smallest absolute Gasteiger partial charge is 0.323 e. The number of hydrogen-bond acceptors (Lipinski definition) is 5. The summed E-state index contributed by atoms with van der Waals surface area (Å²) in [6.07, 6.45) is 0.886. The average molecular weight is 214 g/mol. The molecule has 84 valence electrons. The van der Waals surface area contributed by atoms with Crippen LogP contribution in [0, 0.1) is 11.3 Å². The number of hydrogen-bond donors (Lipinski definition) is 0. The van der Waals surface area contributed by atoms with E-state index in [4.69, 9.17) is 4.74 Å². The molecule has 2 aliphatic rings. The Labute approximate surface area is 87.7 Å². The first-order valence-electron chi connectivity index (χ1n) is 4.92. The topological polar surface area (TPSA) is 61.8 Å². The molecule has 1 saturated heterocycles. The molecule has 0 spiro atoms. The van der Waals surface area contributed by atoms with E-state index in [1.807, 2.05) is 0 Å². The first kappa shape index (κ1) is 10.4. The molecule has 0 N–H and O–H groups in total. The first-order chi connectivity index (χ1) is 7.14. The number of fused-ring (bicyclic) bond motifs is 1. The van der Waals surface area contributed by atoms with Crippen molar-refractivity contribution in [3.63, 3.8) is 0 Å². The van der Waals surface area contributed by atoms with Gasteiger partial charge in [0.2, 0.25) is 0 Å². The van der Waals surface area contributed by atoms with Crippen molar-refractivity contribution in [2.24, 2.45) is 11.3 Å². The van der Waals surface area contributed by atoms with E-state index in [9.17, 15) is 9.59 Å². The highest BCUT2D eigenvalue weighted by Gasteiger charge is 2.60. The fourth-order valence-corrected chi connectivity index (χ4v) is 2.47. The maximum absolute atomic E-state index is 11.7. The minimum atomic E-state index is -1.13. The standard InChI is InChI=1S/C10H14O5/c1-13-8(11)10(9(12)14-2)3-6-5-15-7(6)4-10/h6-7H,3-5H2,1-2H3. The number of methoxy groups -OCH3 is 2. The fourth-order valence-electron chi connectivity index (χ4n) is 2.47. The van der Waals surface area contributed by atoms with Crippen LogP contribution in [0.3, 0.4) is 0 Å². The summed E-state index contributed by atoms with van der Waals surface area (Å²) < 4.78 is 14.7. The molecule has 0 radical (unpaired) electrons. The summed E-state index contributed by atoms with van der Waals surface area (Å²) in [5, 5.41) is 0. The summed E-state index contributed by atoms with van der Waals surface area (Å²) in [5.41, 5.74) is -1.13. The fraction of sp³-hybridized carbons (Fsp3) is 0.800. The molecule has 1 heterocycles. The van der Waals surface area contributed by atoms with E-state index < -0.39 is 17.4 Å². The van der Waals surface area contributed by atoms with Crippen molar-refractivity contribution in [1.29, 1.82) is 0 Å². The molecule has 2 rings (SSSR count). The van der Waals surface area contributed by atoms with Crippen LogP contribution in [0.1, 0.15) is 12.8 Å². The Kier molecular flexibility index (Phi) is 2.42. The zero-order valence-electron chi connectivity index (χ0n) is 8.82. The van der Waals surface area contributed by atoms with E-state index in [-0.39, 0.29) is 6.10 Å². The lowest BCUT2D eigenvalue weighted by atomic mass is 9.85. The second kappa shape index (κ2) is 3.48. The molecule has 1 aliphatic heterocycles. The molecular weight excluding hydrogens is 200 g/mol. The Hall–Kier alpha value is -1.10. The van der Waals surface area contributed by atoms with Gasteiger partial charge in [0, 0.05) is 12.3 Å². The summed E-state index contributed by atoms with van der Waals surface area (Å²) in [6.45, 7) is 0.625. The Bertz CT molecular complexity index is 268. The predicted molar refractivity (Wildman–Crippen MR) is 48.9 cm³/mol. The van der Waals surface area contributed by atoms with Crippen molar-refractivity contribution in [2.75, 3.05) is 20.8 Å². The Morgan fingerprint density at radius 2 is 1.80 bits per heavy atom. The predicted octanol–water partition coefficient (Wildman–Crippen LogP) is 0.128. The summed E-state index contributed by atoms with van der Waals surface area (Å²) in [4.78, 5) is 23.4. The van der Waals surface area contributed by atoms with Gasteiger partial charge in [-0.05, 0) is 6.42 Å². The third kappa shape index (κ3) is 1.33. The van der Waals surface area contributed by atoms with Crippen LogP contribution in [-0.4, -0.2) is 38.9 Å². The van der Waals surface area contributed by atoms with Gasteiger partial charge in [0.25, 0.3) is 0 Å². The highest BCUT2D eigenvalue weighted by Crippen LogP contribution is 2.49. The molecule has 0 aromatic rings. The molecule has 2 atom stereocenters. The van der Waals surface area contributed by atoms with Gasteiger partial charge in [0.05, 0.1) is 26.9 Å². The van der Waals surface area contributed by atoms with Crippen LogP contribution in [-0.2, 0) is 23.8 Å². The van der Waals surface area contributed by atoms with Gasteiger partial charge in [-0.2, -0.15) is 0 Å². The molecule has 0 aromatic carbocycles. The highest BCUT2D eigenvalue weighted by atomic mass is 16.5. The van der Waals surface area contributed by atoms with Gasteiger partial charge in [-0.3, -0.25) is 9.59 Å². The first-order valence-corrected chi connectivity index (χ1v) is 4.92. The lowest BCUT2D eigenvalue weighted by molar-refractivity contribution is -0.169. The van der Waals surface area contributed by atoms with Gasteiger partial charge in [0.1, 0.15) is 0 Å². The number of ether oxygens (including phenoxy) is 3. The molecule has 0 amide bonds. The molecule has 1 aliphatic carbocycles. The second-order valence-electron chi connectivity index (χ2n) is 4.11. The van der Waals surface area contributed by atoms with Crippen molar-refractivity contribution < 1.29 is 23.8 Å². The Balaban J connectivity index is 2.24. The largest absolute Gasteiger partial charge is 0.468 e. The summed E-state index contributed by atoms with van der Waals surface area (Å²) in [6, 6.07) is 0. The van der Waals surface area contributed by atoms with Gasteiger partial charge in [-0.15, -0.1) is 0 Å². The molecule has 15 heavy (non-hydrogen) atoms. The quantitative estimate of drug-likeness (QED) is 0.483. The van der Waals surface area contributed by atoms with Crippen molar-refractivity contribution >= 4 is 11.9 Å². The minimum absolute atomic E-state index is 0.0169. The summed E-state index contributed by atoms with van der Waals surface area (Å²) >= 11 is 0. The van der Waals surface area contributed by atoms with E-state index in [2.05, 4.69) is 9.47 Å².